The third kappa shape index (κ3) is 3.14. The lowest BCUT2D eigenvalue weighted by Crippen LogP contribution is -2.49. The summed E-state index contributed by atoms with van der Waals surface area (Å²) in [7, 11) is 0. The molecular weight excluding hydrogens is 318 g/mol. The van der Waals surface area contributed by atoms with Crippen LogP contribution in [0, 0.1) is 0 Å². The molecule has 2 aromatic rings. The molecule has 1 atom stereocenters. The highest BCUT2D eigenvalue weighted by Gasteiger charge is 2.38. The molecule has 1 aliphatic carbocycles. The lowest BCUT2D eigenvalue weighted by atomic mass is 9.85. The van der Waals surface area contributed by atoms with E-state index in [1.54, 1.807) is 0 Å². The SMILES string of the molecule is C1=CC(c2cccc(-c3ccccc3)c2)(N2CCOCC2)CC1.Cl. The van der Waals surface area contributed by atoms with Gasteiger partial charge in [-0.05, 0) is 35.6 Å². The average Bonchev–Trinajstić information content (AvgIpc) is 3.15. The Balaban J connectivity index is 0.00000169. The molecule has 126 valence electrons. The number of ether oxygens (including phenoxy) is 1. The Hall–Kier alpha value is -1.61. The summed E-state index contributed by atoms with van der Waals surface area (Å²) in [5.41, 5.74) is 4.05. The second kappa shape index (κ2) is 7.52. The van der Waals surface area contributed by atoms with Crippen LogP contribution in [0.25, 0.3) is 11.1 Å². The molecule has 2 aliphatic rings. The molecule has 1 saturated heterocycles. The molecule has 0 spiro atoms. The Kier molecular flexibility index (Phi) is 5.40. The summed E-state index contributed by atoms with van der Waals surface area (Å²) in [6, 6.07) is 19.7. The van der Waals surface area contributed by atoms with Gasteiger partial charge < -0.3 is 4.74 Å². The molecule has 0 saturated carbocycles. The van der Waals surface area contributed by atoms with E-state index in [-0.39, 0.29) is 17.9 Å². The number of allylic oxidation sites excluding steroid dienone is 1. The summed E-state index contributed by atoms with van der Waals surface area (Å²) in [5.74, 6) is 0. The molecular formula is C21H24ClNO. The van der Waals surface area contributed by atoms with E-state index in [0.717, 1.165) is 32.7 Å². The molecule has 1 fully saturated rings. The zero-order valence-corrected chi connectivity index (χ0v) is 14.7. The molecule has 2 aromatic carbocycles. The van der Waals surface area contributed by atoms with Gasteiger partial charge in [-0.25, -0.2) is 0 Å². The van der Waals surface area contributed by atoms with Crippen LogP contribution in [-0.4, -0.2) is 31.2 Å². The van der Waals surface area contributed by atoms with Crippen molar-refractivity contribution in [3.63, 3.8) is 0 Å². The van der Waals surface area contributed by atoms with Gasteiger partial charge in [0.25, 0.3) is 0 Å². The van der Waals surface area contributed by atoms with Gasteiger partial charge in [-0.15, -0.1) is 12.4 Å². The molecule has 1 unspecified atom stereocenters. The second-order valence-electron chi connectivity index (χ2n) is 6.41. The standard InChI is InChI=1S/C21H23NO.ClH/c1-2-7-18(8-3-1)19-9-6-10-20(17-19)21(11-4-5-12-21)22-13-15-23-16-14-22;/h1-4,6-11,17H,5,12-16H2;1H. The van der Waals surface area contributed by atoms with Crippen LogP contribution in [0.4, 0.5) is 0 Å². The van der Waals surface area contributed by atoms with Gasteiger partial charge >= 0.3 is 0 Å². The number of morpholine rings is 1. The third-order valence-corrected chi connectivity index (χ3v) is 5.13. The normalized spacial score (nSPS) is 23.8. The number of hydrogen-bond donors (Lipinski definition) is 0. The van der Waals surface area contributed by atoms with Crippen LogP contribution < -0.4 is 0 Å². The second-order valence-corrected chi connectivity index (χ2v) is 6.41. The molecule has 24 heavy (non-hydrogen) atoms. The summed E-state index contributed by atoms with van der Waals surface area (Å²) >= 11 is 0. The van der Waals surface area contributed by atoms with E-state index >= 15 is 0 Å². The van der Waals surface area contributed by atoms with Crippen LogP contribution in [0.3, 0.4) is 0 Å². The highest BCUT2D eigenvalue weighted by Crippen LogP contribution is 2.40. The fourth-order valence-electron chi connectivity index (χ4n) is 3.91. The Labute approximate surface area is 150 Å². The van der Waals surface area contributed by atoms with Crippen molar-refractivity contribution in [1.82, 2.24) is 4.90 Å². The van der Waals surface area contributed by atoms with Crippen molar-refractivity contribution < 1.29 is 4.74 Å². The summed E-state index contributed by atoms with van der Waals surface area (Å²) in [6.07, 6.45) is 7.09. The summed E-state index contributed by atoms with van der Waals surface area (Å²) < 4.78 is 5.57. The minimum Gasteiger partial charge on any atom is -0.379 e. The van der Waals surface area contributed by atoms with Gasteiger partial charge in [-0.2, -0.15) is 0 Å². The van der Waals surface area contributed by atoms with E-state index in [4.69, 9.17) is 4.74 Å². The fraction of sp³-hybridized carbons (Fsp3) is 0.333. The molecule has 0 radical (unpaired) electrons. The lowest BCUT2D eigenvalue weighted by molar-refractivity contribution is -0.00775. The smallest absolute Gasteiger partial charge is 0.0650 e. The van der Waals surface area contributed by atoms with Crippen LogP contribution in [-0.2, 0) is 10.3 Å². The van der Waals surface area contributed by atoms with Crippen molar-refractivity contribution in [2.45, 2.75) is 18.4 Å². The van der Waals surface area contributed by atoms with Gasteiger partial charge in [0.15, 0.2) is 0 Å². The van der Waals surface area contributed by atoms with E-state index < -0.39 is 0 Å². The zero-order valence-electron chi connectivity index (χ0n) is 13.9. The fourth-order valence-corrected chi connectivity index (χ4v) is 3.91. The van der Waals surface area contributed by atoms with Crippen molar-refractivity contribution in [1.29, 1.82) is 0 Å². The van der Waals surface area contributed by atoms with Crippen molar-refractivity contribution in [3.8, 4) is 11.1 Å². The maximum absolute atomic E-state index is 5.57. The third-order valence-electron chi connectivity index (χ3n) is 5.13. The number of halogens is 1. The maximum Gasteiger partial charge on any atom is 0.0650 e. The molecule has 0 N–H and O–H groups in total. The molecule has 0 bridgehead atoms. The summed E-state index contributed by atoms with van der Waals surface area (Å²) in [5, 5.41) is 0. The molecule has 4 rings (SSSR count). The molecule has 0 amide bonds. The monoisotopic (exact) mass is 341 g/mol. The first-order valence-corrected chi connectivity index (χ1v) is 8.55. The first kappa shape index (κ1) is 17.2. The zero-order chi connectivity index (χ0) is 15.5. The molecule has 3 heteroatoms. The Morgan fingerprint density at radius 2 is 1.62 bits per heavy atom. The van der Waals surface area contributed by atoms with Crippen LogP contribution in [0.5, 0.6) is 0 Å². The number of rotatable bonds is 3. The minimum atomic E-state index is 0. The van der Waals surface area contributed by atoms with Gasteiger partial charge in [-0.3, -0.25) is 4.90 Å². The largest absolute Gasteiger partial charge is 0.379 e. The quantitative estimate of drug-likeness (QED) is 0.753. The van der Waals surface area contributed by atoms with Gasteiger partial charge in [0.1, 0.15) is 0 Å². The molecule has 1 aliphatic heterocycles. The first-order valence-electron chi connectivity index (χ1n) is 8.55. The Bertz CT molecular complexity index is 694. The Morgan fingerprint density at radius 1 is 0.875 bits per heavy atom. The van der Waals surface area contributed by atoms with Gasteiger partial charge in [-0.1, -0.05) is 60.7 Å². The van der Waals surface area contributed by atoms with Crippen molar-refractivity contribution in [2.24, 2.45) is 0 Å². The van der Waals surface area contributed by atoms with Crippen LogP contribution >= 0.6 is 12.4 Å². The Morgan fingerprint density at radius 3 is 2.33 bits per heavy atom. The van der Waals surface area contributed by atoms with Gasteiger partial charge in [0, 0.05) is 13.1 Å². The maximum atomic E-state index is 5.57. The topological polar surface area (TPSA) is 12.5 Å². The molecule has 1 heterocycles. The van der Waals surface area contributed by atoms with Gasteiger partial charge in [0.05, 0.1) is 18.8 Å². The van der Waals surface area contributed by atoms with Crippen molar-refractivity contribution in [3.05, 3.63) is 72.3 Å². The van der Waals surface area contributed by atoms with E-state index in [1.807, 2.05) is 0 Å². The first-order chi connectivity index (χ1) is 11.4. The van der Waals surface area contributed by atoms with Crippen molar-refractivity contribution >= 4 is 12.4 Å². The number of benzene rings is 2. The van der Waals surface area contributed by atoms with Crippen molar-refractivity contribution in [2.75, 3.05) is 26.3 Å². The van der Waals surface area contributed by atoms with E-state index in [9.17, 15) is 0 Å². The highest BCUT2D eigenvalue weighted by atomic mass is 35.5. The highest BCUT2D eigenvalue weighted by molar-refractivity contribution is 5.85. The minimum absolute atomic E-state index is 0. The van der Waals surface area contributed by atoms with E-state index in [2.05, 4.69) is 71.6 Å². The van der Waals surface area contributed by atoms with E-state index in [1.165, 1.54) is 23.1 Å². The van der Waals surface area contributed by atoms with Crippen LogP contribution in [0.1, 0.15) is 18.4 Å². The van der Waals surface area contributed by atoms with Crippen LogP contribution in [0.2, 0.25) is 0 Å². The van der Waals surface area contributed by atoms with Gasteiger partial charge in [0.2, 0.25) is 0 Å². The lowest BCUT2D eigenvalue weighted by Gasteiger charge is -2.43. The van der Waals surface area contributed by atoms with Crippen LogP contribution in [0.15, 0.2) is 66.7 Å². The summed E-state index contributed by atoms with van der Waals surface area (Å²) in [4.78, 5) is 2.60. The molecule has 2 nitrogen and oxygen atoms in total. The predicted octanol–water partition coefficient (Wildman–Crippen LogP) is 4.65. The number of nitrogens with zero attached hydrogens (tertiary/aromatic N) is 1. The molecule has 0 aromatic heterocycles. The number of hydrogen-bond acceptors (Lipinski definition) is 2. The average molecular weight is 342 g/mol. The predicted molar refractivity (Wildman–Crippen MR) is 102 cm³/mol. The summed E-state index contributed by atoms with van der Waals surface area (Å²) in [6.45, 7) is 3.71. The van der Waals surface area contributed by atoms with E-state index in [0.29, 0.717) is 0 Å².